The summed E-state index contributed by atoms with van der Waals surface area (Å²) in [6, 6.07) is 0. The molecule has 0 aromatic carbocycles. The molecule has 0 spiro atoms. The first-order valence-electron chi connectivity index (χ1n) is 12.7. The van der Waals surface area contributed by atoms with Crippen LogP contribution >= 0.6 is 22.6 Å². The lowest BCUT2D eigenvalue weighted by molar-refractivity contribution is -0.00316. The second-order valence-electron chi connectivity index (χ2n) is 8.79. The fraction of sp³-hybridized carbons (Fsp3) is 0.923. The number of rotatable bonds is 22. The lowest BCUT2D eigenvalue weighted by Crippen LogP contribution is -2.32. The molecule has 0 bridgehead atoms. The van der Waals surface area contributed by atoms with Crippen LogP contribution in [-0.4, -0.2) is 26.8 Å². The molecule has 29 heavy (non-hydrogen) atoms. The number of hydrogen-bond acceptors (Lipinski definition) is 2. The van der Waals surface area contributed by atoms with Crippen molar-refractivity contribution in [1.29, 1.82) is 0 Å². The average molecular weight is 523 g/mol. The Bertz CT molecular complexity index is 330. The molecule has 0 saturated carbocycles. The minimum Gasteiger partial charge on any atom is -0.393 e. The van der Waals surface area contributed by atoms with E-state index in [0.717, 1.165) is 38.5 Å². The van der Waals surface area contributed by atoms with Gasteiger partial charge >= 0.3 is 0 Å². The minimum atomic E-state index is -0.321. The summed E-state index contributed by atoms with van der Waals surface area (Å²) < 4.78 is 1.22. The fourth-order valence-corrected chi connectivity index (χ4v) is 4.46. The van der Waals surface area contributed by atoms with Crippen molar-refractivity contribution in [2.24, 2.45) is 5.92 Å². The third-order valence-electron chi connectivity index (χ3n) is 6.05. The van der Waals surface area contributed by atoms with Crippen LogP contribution in [0.1, 0.15) is 129 Å². The van der Waals surface area contributed by atoms with Crippen molar-refractivity contribution in [2.45, 2.75) is 142 Å². The molecule has 3 heteroatoms. The summed E-state index contributed by atoms with van der Waals surface area (Å²) in [7, 11) is 0. The molecule has 2 nitrogen and oxygen atoms in total. The highest BCUT2D eigenvalue weighted by Crippen LogP contribution is 2.25. The van der Waals surface area contributed by atoms with Gasteiger partial charge in [-0.25, -0.2) is 0 Å². The molecule has 2 N–H and O–H groups in total. The first kappa shape index (κ1) is 29.4. The van der Waals surface area contributed by atoms with E-state index in [1.807, 2.05) is 0 Å². The summed E-state index contributed by atoms with van der Waals surface area (Å²) >= 11 is 2.42. The van der Waals surface area contributed by atoms with E-state index in [1.54, 1.807) is 0 Å². The van der Waals surface area contributed by atoms with E-state index in [9.17, 15) is 10.2 Å². The SMILES string of the molecule is CCCCCC(O)C(CCCCCCCCC/C=C/CCI)C(O)CCCCC. The van der Waals surface area contributed by atoms with Crippen LogP contribution in [-0.2, 0) is 0 Å². The molecular weight excluding hydrogens is 471 g/mol. The van der Waals surface area contributed by atoms with Gasteiger partial charge in [0.25, 0.3) is 0 Å². The normalized spacial score (nSPS) is 15.1. The molecule has 2 unspecified atom stereocenters. The van der Waals surface area contributed by atoms with Crippen molar-refractivity contribution in [2.75, 3.05) is 4.43 Å². The van der Waals surface area contributed by atoms with E-state index in [0.29, 0.717) is 0 Å². The molecule has 0 aromatic rings. The molecule has 0 amide bonds. The molecule has 0 heterocycles. The number of allylic oxidation sites excluding steroid dienone is 2. The van der Waals surface area contributed by atoms with Gasteiger partial charge in [0.15, 0.2) is 0 Å². The minimum absolute atomic E-state index is 0.0815. The van der Waals surface area contributed by atoms with Crippen LogP contribution in [0.2, 0.25) is 0 Å². The lowest BCUT2D eigenvalue weighted by Gasteiger charge is -2.28. The van der Waals surface area contributed by atoms with Gasteiger partial charge < -0.3 is 10.2 Å². The quantitative estimate of drug-likeness (QED) is 0.0649. The maximum Gasteiger partial charge on any atom is 0.0593 e. The van der Waals surface area contributed by atoms with Gasteiger partial charge in [-0.15, -0.1) is 0 Å². The van der Waals surface area contributed by atoms with E-state index < -0.39 is 0 Å². The Balaban J connectivity index is 3.96. The van der Waals surface area contributed by atoms with Crippen LogP contribution in [0.3, 0.4) is 0 Å². The zero-order valence-electron chi connectivity index (χ0n) is 19.6. The van der Waals surface area contributed by atoms with Crippen LogP contribution in [0.5, 0.6) is 0 Å². The van der Waals surface area contributed by atoms with Crippen LogP contribution in [0.25, 0.3) is 0 Å². The zero-order chi connectivity index (χ0) is 21.6. The Morgan fingerprint density at radius 3 is 1.55 bits per heavy atom. The lowest BCUT2D eigenvalue weighted by atomic mass is 9.85. The summed E-state index contributed by atoms with van der Waals surface area (Å²) in [5.41, 5.74) is 0. The predicted molar refractivity (Wildman–Crippen MR) is 138 cm³/mol. The van der Waals surface area contributed by atoms with Crippen LogP contribution in [0.15, 0.2) is 12.2 Å². The van der Waals surface area contributed by atoms with Gasteiger partial charge in [-0.1, -0.05) is 126 Å². The summed E-state index contributed by atoms with van der Waals surface area (Å²) in [5.74, 6) is 0.0815. The van der Waals surface area contributed by atoms with Crippen molar-refractivity contribution in [1.82, 2.24) is 0 Å². The Kier molecular flexibility index (Phi) is 23.4. The standard InChI is InChI=1S/C26H51IO2/c1-3-5-16-21-25(28)24(26(29)22-17-6-4-2)20-18-14-12-10-8-7-9-11-13-15-19-23-27/h13,15,24-26,28-29H,3-12,14,16-23H2,1-2H3/b15-13+. The Morgan fingerprint density at radius 2 is 1.03 bits per heavy atom. The highest BCUT2D eigenvalue weighted by molar-refractivity contribution is 14.1. The second-order valence-corrected chi connectivity index (χ2v) is 9.87. The number of hydrogen-bond donors (Lipinski definition) is 2. The van der Waals surface area contributed by atoms with Crippen molar-refractivity contribution < 1.29 is 10.2 Å². The first-order chi connectivity index (χ1) is 14.2. The second kappa shape index (κ2) is 23.1. The maximum absolute atomic E-state index is 10.7. The van der Waals surface area contributed by atoms with Crippen molar-refractivity contribution >= 4 is 22.6 Å². The molecule has 0 radical (unpaired) electrons. The highest BCUT2D eigenvalue weighted by Gasteiger charge is 2.25. The third kappa shape index (κ3) is 18.8. The van der Waals surface area contributed by atoms with E-state index in [4.69, 9.17) is 0 Å². The topological polar surface area (TPSA) is 40.5 Å². The van der Waals surface area contributed by atoms with Crippen LogP contribution < -0.4 is 0 Å². The molecule has 174 valence electrons. The number of aliphatic hydroxyl groups excluding tert-OH is 2. The van der Waals surface area contributed by atoms with Crippen molar-refractivity contribution in [3.8, 4) is 0 Å². The van der Waals surface area contributed by atoms with E-state index in [2.05, 4.69) is 48.6 Å². The largest absolute Gasteiger partial charge is 0.393 e. The van der Waals surface area contributed by atoms with Gasteiger partial charge in [0, 0.05) is 10.3 Å². The smallest absolute Gasteiger partial charge is 0.0593 e. The fourth-order valence-electron chi connectivity index (χ4n) is 4.10. The molecule has 0 fully saturated rings. The molecule has 0 rings (SSSR count). The molecule has 2 atom stereocenters. The highest BCUT2D eigenvalue weighted by atomic mass is 127. The molecule has 0 aliphatic rings. The van der Waals surface area contributed by atoms with Crippen LogP contribution in [0.4, 0.5) is 0 Å². The first-order valence-corrected chi connectivity index (χ1v) is 14.3. The summed E-state index contributed by atoms with van der Waals surface area (Å²) in [5, 5.41) is 21.3. The van der Waals surface area contributed by atoms with Crippen LogP contribution in [0, 0.1) is 5.92 Å². The molecule has 0 aliphatic heterocycles. The molecule has 0 aliphatic carbocycles. The molecule has 0 aromatic heterocycles. The Morgan fingerprint density at radius 1 is 0.586 bits per heavy atom. The van der Waals surface area contributed by atoms with Gasteiger partial charge in [0.2, 0.25) is 0 Å². The maximum atomic E-state index is 10.7. The zero-order valence-corrected chi connectivity index (χ0v) is 21.8. The van der Waals surface area contributed by atoms with E-state index in [-0.39, 0.29) is 18.1 Å². The van der Waals surface area contributed by atoms with Gasteiger partial charge in [0.05, 0.1) is 12.2 Å². The molecular formula is C26H51IO2. The average Bonchev–Trinajstić information content (AvgIpc) is 2.71. The summed E-state index contributed by atoms with van der Waals surface area (Å²) in [6.07, 6.45) is 25.1. The number of aliphatic hydroxyl groups is 2. The van der Waals surface area contributed by atoms with Gasteiger partial charge in [-0.3, -0.25) is 0 Å². The monoisotopic (exact) mass is 522 g/mol. The Labute approximate surface area is 196 Å². The van der Waals surface area contributed by atoms with Gasteiger partial charge in [0.1, 0.15) is 0 Å². The predicted octanol–water partition coefficient (Wildman–Crippen LogP) is 8.38. The van der Waals surface area contributed by atoms with E-state index >= 15 is 0 Å². The number of unbranched alkanes of at least 4 members (excludes halogenated alkanes) is 11. The Hall–Kier alpha value is 0.390. The number of halogens is 1. The summed E-state index contributed by atoms with van der Waals surface area (Å²) in [6.45, 7) is 4.40. The van der Waals surface area contributed by atoms with Gasteiger partial charge in [-0.05, 0) is 38.5 Å². The summed E-state index contributed by atoms with van der Waals surface area (Å²) in [4.78, 5) is 0. The third-order valence-corrected chi connectivity index (χ3v) is 6.67. The van der Waals surface area contributed by atoms with Crippen molar-refractivity contribution in [3.63, 3.8) is 0 Å². The van der Waals surface area contributed by atoms with E-state index in [1.165, 1.54) is 81.5 Å². The molecule has 0 saturated heterocycles. The van der Waals surface area contributed by atoms with Gasteiger partial charge in [-0.2, -0.15) is 0 Å². The number of alkyl halides is 1. The van der Waals surface area contributed by atoms with Crippen molar-refractivity contribution in [3.05, 3.63) is 12.2 Å².